The molecule has 0 radical (unpaired) electrons. The lowest BCUT2D eigenvalue weighted by Gasteiger charge is -2.42. The van der Waals surface area contributed by atoms with Crippen LogP contribution in [0.5, 0.6) is 0 Å². The van der Waals surface area contributed by atoms with E-state index in [0.717, 1.165) is 31.2 Å². The molecule has 5 atom stereocenters. The topological polar surface area (TPSA) is 56.8 Å². The highest BCUT2D eigenvalue weighted by Crippen LogP contribution is 2.59. The molecule has 0 bridgehead atoms. The summed E-state index contributed by atoms with van der Waals surface area (Å²) in [5, 5.41) is 0. The van der Waals surface area contributed by atoms with Crippen molar-refractivity contribution in [3.05, 3.63) is 95.6 Å². The molecule has 7 rings (SSSR count). The van der Waals surface area contributed by atoms with Crippen molar-refractivity contribution in [3.8, 4) is 0 Å². The van der Waals surface area contributed by atoms with E-state index in [9.17, 15) is 14.0 Å². The van der Waals surface area contributed by atoms with Gasteiger partial charge in [0.2, 0.25) is 5.91 Å². The summed E-state index contributed by atoms with van der Waals surface area (Å²) in [7, 11) is 2.01. The van der Waals surface area contributed by atoms with Gasteiger partial charge in [-0.1, -0.05) is 56.5 Å². The Balaban J connectivity index is 1.33. The van der Waals surface area contributed by atoms with Crippen molar-refractivity contribution in [2.75, 3.05) is 11.9 Å². The molecule has 3 fully saturated rings. The van der Waals surface area contributed by atoms with Crippen LogP contribution >= 0.6 is 0 Å². The van der Waals surface area contributed by atoms with Gasteiger partial charge in [0.1, 0.15) is 5.82 Å². The van der Waals surface area contributed by atoms with Gasteiger partial charge >= 0.3 is 6.03 Å². The van der Waals surface area contributed by atoms with E-state index in [-0.39, 0.29) is 53.1 Å². The van der Waals surface area contributed by atoms with Gasteiger partial charge in [0.25, 0.3) is 0 Å². The Labute approximate surface area is 253 Å². The van der Waals surface area contributed by atoms with Crippen molar-refractivity contribution >= 4 is 17.6 Å². The van der Waals surface area contributed by atoms with Crippen molar-refractivity contribution in [2.45, 2.75) is 88.9 Å². The predicted octanol–water partition coefficient (Wildman–Crippen LogP) is 6.95. The lowest BCUT2D eigenvalue weighted by Crippen LogP contribution is -2.49. The number of nitrogens with zero attached hydrogens (tertiary/aromatic N) is 4. The Morgan fingerprint density at radius 3 is 2.51 bits per heavy atom. The summed E-state index contributed by atoms with van der Waals surface area (Å²) in [6, 6.07) is 18.7. The molecule has 2 aromatic carbocycles. The molecule has 1 unspecified atom stereocenters. The molecule has 3 aromatic rings. The lowest BCUT2D eigenvalue weighted by molar-refractivity contribution is -0.142. The van der Waals surface area contributed by atoms with Crippen molar-refractivity contribution < 1.29 is 14.0 Å². The monoisotopic (exact) mass is 580 g/mol. The lowest BCUT2D eigenvalue weighted by atomic mass is 9.66. The van der Waals surface area contributed by atoms with Gasteiger partial charge < -0.3 is 9.80 Å². The molecule has 0 N–H and O–H groups in total. The van der Waals surface area contributed by atoms with Crippen LogP contribution in [0.1, 0.15) is 74.5 Å². The van der Waals surface area contributed by atoms with Crippen molar-refractivity contribution in [3.63, 3.8) is 0 Å². The van der Waals surface area contributed by atoms with Crippen LogP contribution in [0.15, 0.2) is 73.1 Å². The first kappa shape index (κ1) is 28.1. The molecule has 1 aromatic heterocycles. The van der Waals surface area contributed by atoms with E-state index in [1.165, 1.54) is 42.5 Å². The van der Waals surface area contributed by atoms with E-state index < -0.39 is 0 Å². The first-order valence-electron chi connectivity index (χ1n) is 15.9. The van der Waals surface area contributed by atoms with E-state index >= 15 is 0 Å². The van der Waals surface area contributed by atoms with Crippen molar-refractivity contribution in [2.24, 2.45) is 11.3 Å². The molecule has 3 amide bonds. The largest absolute Gasteiger partial charge is 0.343 e. The molecule has 7 heteroatoms. The van der Waals surface area contributed by atoms with Gasteiger partial charge in [-0.25, -0.2) is 9.18 Å². The third-order valence-corrected chi connectivity index (χ3v) is 11.1. The number of pyridine rings is 1. The SMILES string of the molecule is CN(C(=O)[C@H]1C[C@@H]2[C@H](CC3c4ccccc4C[C@@]31C)N(c1ccc(F)cc1)C(=O)N2Cc1cccnc1)C1CCCCC1. The number of amides is 3. The van der Waals surface area contributed by atoms with Gasteiger partial charge in [0.15, 0.2) is 0 Å². The number of rotatable bonds is 5. The second kappa shape index (κ2) is 11.1. The Morgan fingerprint density at radius 2 is 1.77 bits per heavy atom. The average Bonchev–Trinajstić information content (AvgIpc) is 3.41. The van der Waals surface area contributed by atoms with E-state index in [0.29, 0.717) is 18.7 Å². The molecule has 224 valence electrons. The summed E-state index contributed by atoms with van der Waals surface area (Å²) in [5.41, 5.74) is 4.01. The van der Waals surface area contributed by atoms with Crippen molar-refractivity contribution in [1.82, 2.24) is 14.8 Å². The quantitative estimate of drug-likeness (QED) is 0.328. The number of hydrogen-bond donors (Lipinski definition) is 0. The van der Waals surface area contributed by atoms with E-state index in [1.54, 1.807) is 18.3 Å². The van der Waals surface area contributed by atoms with E-state index in [2.05, 4.69) is 41.1 Å². The maximum Gasteiger partial charge on any atom is 0.325 e. The minimum atomic E-state index is -0.325. The smallest absolute Gasteiger partial charge is 0.325 e. The number of halogens is 1. The fourth-order valence-electron chi connectivity index (χ4n) is 8.84. The highest BCUT2D eigenvalue weighted by molar-refractivity contribution is 5.96. The van der Waals surface area contributed by atoms with Crippen LogP contribution in [0.3, 0.4) is 0 Å². The first-order chi connectivity index (χ1) is 20.8. The Bertz CT molecular complexity index is 1490. The zero-order chi connectivity index (χ0) is 29.7. The van der Waals surface area contributed by atoms with Crippen LogP contribution in [-0.4, -0.2) is 51.9 Å². The minimum Gasteiger partial charge on any atom is -0.343 e. The normalized spacial score (nSPS) is 28.7. The average molecular weight is 581 g/mol. The standard InChI is InChI=1S/C36H41FN4O2/c1-36-21-25-10-6-7-13-29(25)30(36)19-33-32(20-31(36)34(42)39(2)27-11-4-3-5-12-27)40(23-24-9-8-18-38-22-24)35(43)41(33)28-16-14-26(37)15-17-28/h6-10,13-18,22,27,30-33H,3-5,11-12,19-21,23H2,1-2H3/t30?,31-,32-,33+,36+/m1/s1. The number of benzene rings is 2. The van der Waals surface area contributed by atoms with Crippen LogP contribution in [0.25, 0.3) is 0 Å². The Hall–Kier alpha value is -3.74. The minimum absolute atomic E-state index is 0.0906. The maximum atomic E-state index is 14.7. The van der Waals surface area contributed by atoms with Gasteiger partial charge in [0, 0.05) is 43.6 Å². The molecule has 43 heavy (non-hydrogen) atoms. The third kappa shape index (κ3) is 4.81. The Kier molecular flexibility index (Phi) is 7.22. The van der Waals surface area contributed by atoms with Crippen molar-refractivity contribution in [1.29, 1.82) is 0 Å². The highest BCUT2D eigenvalue weighted by Gasteiger charge is 2.59. The number of anilines is 1. The summed E-state index contributed by atoms with van der Waals surface area (Å²) in [5.74, 6) is -0.207. The molecule has 1 saturated heterocycles. The molecule has 0 spiro atoms. The van der Waals surface area contributed by atoms with Gasteiger partial charge in [0.05, 0.1) is 12.1 Å². The zero-order valence-electron chi connectivity index (χ0n) is 25.2. The molecule has 3 aliphatic carbocycles. The van der Waals surface area contributed by atoms with Gasteiger partial charge in [-0.2, -0.15) is 0 Å². The number of hydrogen-bond acceptors (Lipinski definition) is 3. The molecule has 2 heterocycles. The second-order valence-corrected chi connectivity index (χ2v) is 13.5. The van der Waals surface area contributed by atoms with Gasteiger partial charge in [-0.3, -0.25) is 14.7 Å². The van der Waals surface area contributed by atoms with Crippen LogP contribution in [0, 0.1) is 17.2 Å². The van der Waals surface area contributed by atoms with Crippen LogP contribution in [0.4, 0.5) is 14.9 Å². The summed E-state index contributed by atoms with van der Waals surface area (Å²) < 4.78 is 14.0. The number of urea groups is 1. The van der Waals surface area contributed by atoms with Gasteiger partial charge in [-0.05, 0) is 90.5 Å². The van der Waals surface area contributed by atoms with Crippen LogP contribution in [-0.2, 0) is 17.8 Å². The highest BCUT2D eigenvalue weighted by atomic mass is 19.1. The number of aromatic nitrogens is 1. The van der Waals surface area contributed by atoms with E-state index in [4.69, 9.17) is 0 Å². The molecule has 2 saturated carbocycles. The number of carbonyl (C=O) groups is 2. The molecular weight excluding hydrogens is 539 g/mol. The fraction of sp³-hybridized carbons (Fsp3) is 0.472. The molecule has 1 aliphatic heterocycles. The number of fused-ring (bicyclic) bond motifs is 4. The number of carbonyl (C=O) groups excluding carboxylic acids is 2. The van der Waals surface area contributed by atoms with E-state index in [1.807, 2.05) is 35.2 Å². The van der Waals surface area contributed by atoms with Crippen LogP contribution in [0.2, 0.25) is 0 Å². The van der Waals surface area contributed by atoms with Crippen LogP contribution < -0.4 is 4.90 Å². The zero-order valence-corrected chi connectivity index (χ0v) is 25.2. The fourth-order valence-corrected chi connectivity index (χ4v) is 8.84. The predicted molar refractivity (Wildman–Crippen MR) is 165 cm³/mol. The summed E-state index contributed by atoms with van der Waals surface area (Å²) >= 11 is 0. The summed E-state index contributed by atoms with van der Waals surface area (Å²) in [6.45, 7) is 2.74. The first-order valence-corrected chi connectivity index (χ1v) is 15.9. The molecule has 4 aliphatic rings. The molecular formula is C36H41FN4O2. The summed E-state index contributed by atoms with van der Waals surface area (Å²) in [4.78, 5) is 39.3. The van der Waals surface area contributed by atoms with Gasteiger partial charge in [-0.15, -0.1) is 0 Å². The summed E-state index contributed by atoms with van der Waals surface area (Å²) in [6.07, 6.45) is 11.5. The maximum absolute atomic E-state index is 14.7. The molecule has 6 nitrogen and oxygen atoms in total. The third-order valence-electron chi connectivity index (χ3n) is 11.1. The Morgan fingerprint density at radius 1 is 1.00 bits per heavy atom. The second-order valence-electron chi connectivity index (χ2n) is 13.5.